The first-order valence-corrected chi connectivity index (χ1v) is 27.6. The van der Waals surface area contributed by atoms with Crippen molar-refractivity contribution in [3.05, 3.63) is 99.0 Å². The van der Waals surface area contributed by atoms with Gasteiger partial charge in [0.1, 0.15) is 24.4 Å². The van der Waals surface area contributed by atoms with Crippen molar-refractivity contribution >= 4 is 58.0 Å². The summed E-state index contributed by atoms with van der Waals surface area (Å²) in [5, 5.41) is 24.8. The van der Waals surface area contributed by atoms with Gasteiger partial charge in [0.15, 0.2) is 11.5 Å². The van der Waals surface area contributed by atoms with E-state index < -0.39 is 64.1 Å². The number of nitrogens with zero attached hydrogens (tertiary/aromatic N) is 4. The fraction of sp³-hybridized carbons (Fsp3) is 0.482. The third kappa shape index (κ3) is 18.6. The summed E-state index contributed by atoms with van der Waals surface area (Å²) in [6.45, 7) is 10.1. The smallest absolute Gasteiger partial charge is 0.420 e. The minimum absolute atomic E-state index is 0.0248. The molecule has 0 spiro atoms. The SMILES string of the molecule is COc1cc(/C=C2\SC(=O)N(CCOCCOCCCCCOCCOCCOCC(=O)N[C@H](C(=O)N3C[C@H](O)C[C@H]3C(=O)NCc3ccc(-c4scnc4C)cc3)C(C)(C)C)C2=O)ccc1Oc1ccc(C#N)cc1C(F)(F)F. The first kappa shape index (κ1) is 62.8. The topological polar surface area (TPSA) is 237 Å². The fourth-order valence-corrected chi connectivity index (χ4v) is 10.1. The van der Waals surface area contributed by atoms with Crippen LogP contribution in [0.3, 0.4) is 0 Å². The summed E-state index contributed by atoms with van der Waals surface area (Å²) in [4.78, 5) is 74.0. The number of aryl methyl sites for hydroxylation is 1. The summed E-state index contributed by atoms with van der Waals surface area (Å²) in [7, 11) is 1.30. The average molecular weight is 1150 g/mol. The van der Waals surface area contributed by atoms with Gasteiger partial charge in [-0.05, 0) is 96.5 Å². The lowest BCUT2D eigenvalue weighted by Gasteiger charge is -2.35. The number of methoxy groups -OCH3 is 1. The molecule has 4 aromatic rings. The highest BCUT2D eigenvalue weighted by atomic mass is 32.2. The quantitative estimate of drug-likeness (QED) is 0.0332. The van der Waals surface area contributed by atoms with Crippen LogP contribution in [0.15, 0.2) is 71.1 Å². The van der Waals surface area contributed by atoms with E-state index in [1.165, 1.54) is 42.4 Å². The van der Waals surface area contributed by atoms with Gasteiger partial charge in [0.25, 0.3) is 11.1 Å². The number of benzene rings is 3. The number of aliphatic hydroxyl groups excluding tert-OH is 1. The molecule has 2 aliphatic heterocycles. The van der Waals surface area contributed by atoms with Crippen molar-refractivity contribution in [3.63, 3.8) is 0 Å². The molecule has 3 atom stereocenters. The molecule has 80 heavy (non-hydrogen) atoms. The number of unbranched alkanes of at least 4 members (excludes halogenated alkanes) is 2. The number of rotatable bonds is 30. The van der Waals surface area contributed by atoms with E-state index >= 15 is 0 Å². The zero-order valence-electron chi connectivity index (χ0n) is 45.3. The zero-order valence-corrected chi connectivity index (χ0v) is 46.9. The van der Waals surface area contributed by atoms with E-state index in [9.17, 15) is 42.3 Å². The molecule has 3 heterocycles. The van der Waals surface area contributed by atoms with E-state index in [1.807, 2.05) is 52.0 Å². The molecule has 3 N–H and O–H groups in total. The van der Waals surface area contributed by atoms with Gasteiger partial charge in [0.05, 0.1) is 104 Å². The number of thioether (sulfide) groups is 1. The molecule has 0 unspecified atom stereocenters. The Kier molecular flexibility index (Phi) is 23.9. The lowest BCUT2D eigenvalue weighted by molar-refractivity contribution is -0.144. The number of halogens is 3. The molecule has 2 saturated heterocycles. The number of carbonyl (C=O) groups excluding carboxylic acids is 5. The second-order valence-electron chi connectivity index (χ2n) is 19.7. The number of aromatic nitrogens is 1. The highest BCUT2D eigenvalue weighted by Gasteiger charge is 2.44. The highest BCUT2D eigenvalue weighted by molar-refractivity contribution is 8.18. The van der Waals surface area contributed by atoms with Crippen molar-refractivity contribution < 1.29 is 75.4 Å². The summed E-state index contributed by atoms with van der Waals surface area (Å²) in [5.74, 6) is -2.36. The van der Waals surface area contributed by atoms with Crippen LogP contribution in [0.5, 0.6) is 17.2 Å². The van der Waals surface area contributed by atoms with Crippen LogP contribution in [0.1, 0.15) is 74.4 Å². The van der Waals surface area contributed by atoms with Crippen LogP contribution >= 0.6 is 23.1 Å². The Morgan fingerprint density at radius 3 is 2.14 bits per heavy atom. The summed E-state index contributed by atoms with van der Waals surface area (Å²) in [6.07, 6.45) is -1.63. The number of thiazole rings is 1. The fourth-order valence-electron chi connectivity index (χ4n) is 8.38. The molecule has 2 aliphatic rings. The normalized spacial score (nSPS) is 16.5. The van der Waals surface area contributed by atoms with Crippen molar-refractivity contribution in [1.29, 1.82) is 5.26 Å². The number of imide groups is 1. The maximum Gasteiger partial charge on any atom is 0.420 e. The molecule has 0 radical (unpaired) electrons. The Labute approximate surface area is 471 Å². The van der Waals surface area contributed by atoms with Gasteiger partial charge in [0.2, 0.25) is 17.7 Å². The van der Waals surface area contributed by atoms with E-state index in [4.69, 9.17) is 38.4 Å². The predicted octanol–water partition coefficient (Wildman–Crippen LogP) is 7.91. The number of hydrogen-bond acceptors (Lipinski definition) is 17. The number of β-amino-alcohol motifs (C(OH)–C–C–N with tert-alkyl or cyclic N) is 1. The van der Waals surface area contributed by atoms with Crippen LogP contribution in [0.4, 0.5) is 18.0 Å². The minimum atomic E-state index is -4.78. The van der Waals surface area contributed by atoms with E-state index in [-0.39, 0.29) is 87.0 Å². The molecule has 2 fully saturated rings. The van der Waals surface area contributed by atoms with E-state index in [1.54, 1.807) is 22.9 Å². The van der Waals surface area contributed by atoms with Crippen LogP contribution < -0.4 is 20.1 Å². The van der Waals surface area contributed by atoms with Gasteiger partial charge in [-0.25, -0.2) is 4.98 Å². The number of nitriles is 1. The summed E-state index contributed by atoms with van der Waals surface area (Å²) in [6, 6.07) is 14.9. The number of amides is 5. The van der Waals surface area contributed by atoms with Crippen molar-refractivity contribution in [2.24, 2.45) is 5.41 Å². The van der Waals surface area contributed by atoms with Crippen molar-refractivity contribution in [3.8, 4) is 33.8 Å². The van der Waals surface area contributed by atoms with Gasteiger partial charge < -0.3 is 53.8 Å². The molecule has 0 aliphatic carbocycles. The maximum absolute atomic E-state index is 13.9. The highest BCUT2D eigenvalue weighted by Crippen LogP contribution is 2.42. The molecule has 24 heteroatoms. The first-order valence-electron chi connectivity index (χ1n) is 25.9. The van der Waals surface area contributed by atoms with Gasteiger partial charge in [-0.2, -0.15) is 18.4 Å². The van der Waals surface area contributed by atoms with Gasteiger partial charge in [-0.15, -0.1) is 11.3 Å². The van der Waals surface area contributed by atoms with Crippen LogP contribution in [-0.4, -0.2) is 153 Å². The second-order valence-corrected chi connectivity index (χ2v) is 21.5. The van der Waals surface area contributed by atoms with E-state index in [0.717, 1.165) is 63.7 Å². The molecule has 3 aromatic carbocycles. The molecular weight excluding hydrogens is 1090 g/mol. The Morgan fingerprint density at radius 1 is 0.863 bits per heavy atom. The molecule has 0 bridgehead atoms. The number of ether oxygens (including phenoxy) is 7. The lowest BCUT2D eigenvalue weighted by atomic mass is 9.85. The van der Waals surface area contributed by atoms with Crippen LogP contribution in [0.25, 0.3) is 16.5 Å². The number of nitrogens with one attached hydrogen (secondary N) is 2. The number of hydrogen-bond donors (Lipinski definition) is 3. The molecule has 1 aromatic heterocycles. The third-order valence-electron chi connectivity index (χ3n) is 12.6. The summed E-state index contributed by atoms with van der Waals surface area (Å²) in [5.41, 5.74) is 3.07. The van der Waals surface area contributed by atoms with Crippen LogP contribution in [-0.2, 0) is 55.6 Å². The Balaban J connectivity index is 0.764. The summed E-state index contributed by atoms with van der Waals surface area (Å²) < 4.78 is 79.9. The van der Waals surface area contributed by atoms with Crippen molar-refractivity contribution in [2.75, 3.05) is 86.3 Å². The van der Waals surface area contributed by atoms with Gasteiger partial charge in [-0.1, -0.05) is 51.1 Å². The van der Waals surface area contributed by atoms with Crippen LogP contribution in [0, 0.1) is 23.7 Å². The zero-order chi connectivity index (χ0) is 57.8. The largest absolute Gasteiger partial charge is 0.493 e. The molecule has 0 saturated carbocycles. The first-order chi connectivity index (χ1) is 38.3. The van der Waals surface area contributed by atoms with Crippen molar-refractivity contribution in [1.82, 2.24) is 25.4 Å². The number of carbonyl (C=O) groups is 5. The van der Waals surface area contributed by atoms with Crippen molar-refractivity contribution in [2.45, 2.75) is 84.3 Å². The molecule has 6 rings (SSSR count). The third-order valence-corrected chi connectivity index (χ3v) is 14.5. The monoisotopic (exact) mass is 1150 g/mol. The molecule has 5 amide bonds. The molecule has 432 valence electrons. The number of likely N-dealkylation sites (tertiary alicyclic amines) is 1. The van der Waals surface area contributed by atoms with Crippen LogP contribution in [0.2, 0.25) is 0 Å². The van der Waals surface area contributed by atoms with Gasteiger partial charge in [0, 0.05) is 32.7 Å². The van der Waals surface area contributed by atoms with E-state index in [2.05, 4.69) is 15.6 Å². The standard InChI is InChI=1S/C56H67F3N6O13S2/c1-36-49(79-35-62-36)40-13-9-37(10-14-40)32-61-51(68)43-30-41(66)33-65(43)53(70)50(55(2,3)4)63-48(67)34-77-26-25-76-24-22-74-19-8-6-7-18-73-21-23-75-20-17-64-52(69)47(80-54(64)71)29-38-11-16-45(46(28-38)72-5)78-44-15-12-39(31-60)27-42(44)56(57,58)59/h9-16,27-29,35,41,43,50,66H,6-8,17-26,30,32-34H2,1-5H3,(H,61,68)(H,63,67)/b47-29-/t41-,43+,50-/m1/s1. The number of aliphatic hydroxyl groups is 1. The van der Waals surface area contributed by atoms with Gasteiger partial charge in [-0.3, -0.25) is 28.9 Å². The van der Waals surface area contributed by atoms with E-state index in [0.29, 0.717) is 44.7 Å². The summed E-state index contributed by atoms with van der Waals surface area (Å²) >= 11 is 2.30. The molecular formula is C56H67F3N6O13S2. The Bertz CT molecular complexity index is 2820. The Hall–Kier alpha value is -6.43. The Morgan fingerprint density at radius 2 is 1.51 bits per heavy atom. The molecule has 19 nitrogen and oxygen atoms in total. The lowest BCUT2D eigenvalue weighted by Crippen LogP contribution is -2.58. The maximum atomic E-state index is 13.9. The van der Waals surface area contributed by atoms with Gasteiger partial charge >= 0.3 is 6.18 Å². The average Bonchev–Trinajstić information content (AvgIpc) is 4.13. The second kappa shape index (κ2) is 30.4. The predicted molar refractivity (Wildman–Crippen MR) is 291 cm³/mol. The number of alkyl halides is 3. The minimum Gasteiger partial charge on any atom is -0.493 e.